The van der Waals surface area contributed by atoms with Crippen molar-refractivity contribution < 1.29 is 14.3 Å². The van der Waals surface area contributed by atoms with Gasteiger partial charge in [0.1, 0.15) is 0 Å². The Hall–Kier alpha value is -3.39. The summed E-state index contributed by atoms with van der Waals surface area (Å²) in [6.07, 6.45) is 2.62. The number of carbonyl (C=O) groups excluding carboxylic acids is 1. The number of hydrogen-bond donors (Lipinski definition) is 0. The molecular weight excluding hydrogens is 484 g/mol. The van der Waals surface area contributed by atoms with Gasteiger partial charge in [-0.2, -0.15) is 10.1 Å². The van der Waals surface area contributed by atoms with Gasteiger partial charge in [0.25, 0.3) is 5.91 Å². The van der Waals surface area contributed by atoms with Crippen molar-refractivity contribution >= 4 is 27.4 Å². The van der Waals surface area contributed by atoms with Crippen LogP contribution in [0.2, 0.25) is 0 Å². The number of halogens is 1. The molecule has 4 aromatic rings. The number of fused-ring (bicyclic) bond motifs is 2. The Bertz CT molecular complexity index is 1370. The predicted octanol–water partition coefficient (Wildman–Crippen LogP) is 4.94. The lowest BCUT2D eigenvalue weighted by Gasteiger charge is -2.35. The van der Waals surface area contributed by atoms with Gasteiger partial charge in [0.2, 0.25) is 11.8 Å². The van der Waals surface area contributed by atoms with E-state index in [9.17, 15) is 4.79 Å². The monoisotopic (exact) mass is 506 g/mol. The Kier molecular flexibility index (Phi) is 5.54. The highest BCUT2D eigenvalue weighted by Crippen LogP contribution is 2.36. The highest BCUT2D eigenvalue weighted by molar-refractivity contribution is 9.10. The molecule has 8 heteroatoms. The Morgan fingerprint density at radius 3 is 2.73 bits per heavy atom. The van der Waals surface area contributed by atoms with Gasteiger partial charge in [-0.25, -0.2) is 4.52 Å². The maximum Gasteiger partial charge on any atom is 0.274 e. The standard InChI is InChI=1S/C25H23BrN4O3/c1-15-20-7-4-16(21-8-9-23(32-2)27-24(21)33-3)12-17(20)10-11-29(15)25(31)22-13-19-6-5-18(26)14-30(19)28-22/h4-9,12-15H,10-11H2,1-3H3. The van der Waals surface area contributed by atoms with Gasteiger partial charge in [0, 0.05) is 28.8 Å². The van der Waals surface area contributed by atoms with E-state index in [2.05, 4.69) is 51.1 Å². The number of ether oxygens (including phenoxy) is 2. The normalized spacial score (nSPS) is 15.4. The van der Waals surface area contributed by atoms with Crippen LogP contribution in [0.5, 0.6) is 11.8 Å². The second-order valence-corrected chi connectivity index (χ2v) is 8.91. The van der Waals surface area contributed by atoms with Gasteiger partial charge in [-0.15, -0.1) is 0 Å². The van der Waals surface area contributed by atoms with Gasteiger partial charge in [-0.1, -0.05) is 18.2 Å². The Balaban J connectivity index is 1.43. The highest BCUT2D eigenvalue weighted by atomic mass is 79.9. The van der Waals surface area contributed by atoms with E-state index in [0.717, 1.165) is 33.1 Å². The van der Waals surface area contributed by atoms with Gasteiger partial charge in [-0.05, 0) is 70.2 Å². The number of hydrogen-bond acceptors (Lipinski definition) is 5. The van der Waals surface area contributed by atoms with Crippen molar-refractivity contribution in [1.82, 2.24) is 19.5 Å². The van der Waals surface area contributed by atoms with E-state index in [1.165, 1.54) is 5.56 Å². The summed E-state index contributed by atoms with van der Waals surface area (Å²) in [6.45, 7) is 2.70. The van der Waals surface area contributed by atoms with Crippen molar-refractivity contribution in [3.05, 3.63) is 76.0 Å². The zero-order valence-corrected chi connectivity index (χ0v) is 20.2. The first-order valence-corrected chi connectivity index (χ1v) is 11.5. The first-order valence-electron chi connectivity index (χ1n) is 10.7. The molecule has 1 amide bonds. The largest absolute Gasteiger partial charge is 0.481 e. The molecule has 0 N–H and O–H groups in total. The Morgan fingerprint density at radius 2 is 1.94 bits per heavy atom. The van der Waals surface area contributed by atoms with Crippen LogP contribution in [0.25, 0.3) is 16.6 Å². The molecule has 4 heterocycles. The maximum absolute atomic E-state index is 13.3. The van der Waals surface area contributed by atoms with Crippen molar-refractivity contribution in [2.24, 2.45) is 0 Å². The summed E-state index contributed by atoms with van der Waals surface area (Å²) in [7, 11) is 3.19. The second kappa shape index (κ2) is 8.51. The van der Waals surface area contributed by atoms with Crippen molar-refractivity contribution in [3.8, 4) is 22.9 Å². The van der Waals surface area contributed by atoms with Crippen LogP contribution < -0.4 is 9.47 Å². The zero-order chi connectivity index (χ0) is 23.1. The predicted molar refractivity (Wildman–Crippen MR) is 129 cm³/mol. The van der Waals surface area contributed by atoms with Crippen molar-refractivity contribution in [2.75, 3.05) is 20.8 Å². The van der Waals surface area contributed by atoms with Crippen LogP contribution in [0.15, 0.2) is 59.2 Å². The van der Waals surface area contributed by atoms with Gasteiger partial charge in [0.05, 0.1) is 25.8 Å². The molecule has 168 valence electrons. The van der Waals surface area contributed by atoms with E-state index in [1.54, 1.807) is 18.7 Å². The molecular formula is C25H23BrN4O3. The molecule has 33 heavy (non-hydrogen) atoms. The molecule has 1 aliphatic heterocycles. The van der Waals surface area contributed by atoms with Gasteiger partial charge in [-0.3, -0.25) is 4.79 Å². The molecule has 0 saturated heterocycles. The summed E-state index contributed by atoms with van der Waals surface area (Å²) >= 11 is 3.45. The van der Waals surface area contributed by atoms with E-state index in [4.69, 9.17) is 9.47 Å². The van der Waals surface area contributed by atoms with Crippen LogP contribution in [-0.2, 0) is 6.42 Å². The average Bonchev–Trinajstić information content (AvgIpc) is 3.26. The van der Waals surface area contributed by atoms with E-state index in [1.807, 2.05) is 41.4 Å². The molecule has 5 rings (SSSR count). The van der Waals surface area contributed by atoms with Crippen LogP contribution in [0.4, 0.5) is 0 Å². The third-order valence-corrected chi connectivity index (χ3v) is 6.60. The number of benzene rings is 1. The number of aromatic nitrogens is 3. The molecule has 7 nitrogen and oxygen atoms in total. The number of amides is 1. The quantitative estimate of drug-likeness (QED) is 0.392. The number of carbonyl (C=O) groups is 1. The third kappa shape index (κ3) is 3.84. The minimum Gasteiger partial charge on any atom is -0.481 e. The molecule has 0 saturated carbocycles. The lowest BCUT2D eigenvalue weighted by molar-refractivity contribution is 0.0671. The fourth-order valence-corrected chi connectivity index (χ4v) is 4.73. The van der Waals surface area contributed by atoms with Gasteiger partial charge >= 0.3 is 0 Å². The minimum absolute atomic E-state index is 0.0530. The van der Waals surface area contributed by atoms with Crippen LogP contribution in [0, 0.1) is 0 Å². The lowest BCUT2D eigenvalue weighted by Crippen LogP contribution is -2.39. The van der Waals surface area contributed by atoms with Crippen molar-refractivity contribution in [3.63, 3.8) is 0 Å². The first kappa shape index (κ1) is 21.5. The SMILES string of the molecule is COc1ccc(-c2ccc3c(c2)CCN(C(=O)c2cc4ccc(Br)cn4n2)C3C)c(OC)n1. The second-order valence-electron chi connectivity index (χ2n) is 7.99. The fourth-order valence-electron chi connectivity index (χ4n) is 4.40. The molecule has 0 fully saturated rings. The van der Waals surface area contributed by atoms with Crippen molar-refractivity contribution in [2.45, 2.75) is 19.4 Å². The molecule has 1 atom stereocenters. The number of methoxy groups -OCH3 is 2. The molecule has 0 bridgehead atoms. The number of nitrogens with zero attached hydrogens (tertiary/aromatic N) is 4. The summed E-state index contributed by atoms with van der Waals surface area (Å²) in [5.41, 5.74) is 5.64. The molecule has 1 aliphatic rings. The van der Waals surface area contributed by atoms with Crippen LogP contribution >= 0.6 is 15.9 Å². The summed E-state index contributed by atoms with van der Waals surface area (Å²) in [5, 5.41) is 4.49. The zero-order valence-electron chi connectivity index (χ0n) is 18.6. The minimum atomic E-state index is -0.0573. The van der Waals surface area contributed by atoms with E-state index >= 15 is 0 Å². The molecule has 3 aromatic heterocycles. The smallest absolute Gasteiger partial charge is 0.274 e. The highest BCUT2D eigenvalue weighted by Gasteiger charge is 2.30. The van der Waals surface area contributed by atoms with E-state index in [-0.39, 0.29) is 11.9 Å². The third-order valence-electron chi connectivity index (χ3n) is 6.13. The van der Waals surface area contributed by atoms with Gasteiger partial charge in [0.15, 0.2) is 5.69 Å². The lowest BCUT2D eigenvalue weighted by atomic mass is 9.90. The number of rotatable bonds is 4. The molecule has 1 unspecified atom stereocenters. The van der Waals surface area contributed by atoms with E-state index in [0.29, 0.717) is 24.0 Å². The Labute approximate surface area is 200 Å². The average molecular weight is 507 g/mol. The van der Waals surface area contributed by atoms with Gasteiger partial charge < -0.3 is 14.4 Å². The summed E-state index contributed by atoms with van der Waals surface area (Å²) in [4.78, 5) is 19.6. The summed E-state index contributed by atoms with van der Waals surface area (Å²) in [6, 6.07) is 15.8. The fraction of sp³-hybridized carbons (Fsp3) is 0.240. The molecule has 0 radical (unpaired) electrons. The Morgan fingerprint density at radius 1 is 1.09 bits per heavy atom. The molecule has 0 spiro atoms. The summed E-state index contributed by atoms with van der Waals surface area (Å²) in [5.74, 6) is 0.974. The van der Waals surface area contributed by atoms with Crippen LogP contribution in [-0.4, -0.2) is 46.2 Å². The number of pyridine rings is 2. The molecule has 1 aromatic carbocycles. The van der Waals surface area contributed by atoms with E-state index < -0.39 is 0 Å². The molecule has 0 aliphatic carbocycles. The summed E-state index contributed by atoms with van der Waals surface area (Å²) < 4.78 is 13.3. The van der Waals surface area contributed by atoms with Crippen LogP contribution in [0.3, 0.4) is 0 Å². The topological polar surface area (TPSA) is 69.0 Å². The first-order chi connectivity index (χ1) is 16.0. The maximum atomic E-state index is 13.3. The van der Waals surface area contributed by atoms with Crippen molar-refractivity contribution in [1.29, 1.82) is 0 Å². The van der Waals surface area contributed by atoms with Crippen LogP contribution in [0.1, 0.15) is 34.6 Å².